The van der Waals surface area contributed by atoms with Crippen molar-refractivity contribution in [1.82, 2.24) is 0 Å². The summed E-state index contributed by atoms with van der Waals surface area (Å²) in [7, 11) is 0. The Balaban J connectivity index is 2.45. The molecule has 0 atom stereocenters. The maximum atomic E-state index is 10.6. The fourth-order valence-corrected chi connectivity index (χ4v) is 1.93. The fraction of sp³-hybridized carbons (Fsp3) is 0.455. The molecule has 1 aromatic carbocycles. The first kappa shape index (κ1) is 13.6. The van der Waals surface area contributed by atoms with Gasteiger partial charge in [0.05, 0.1) is 4.92 Å². The van der Waals surface area contributed by atoms with E-state index in [1.807, 2.05) is 11.8 Å². The van der Waals surface area contributed by atoms with Crippen LogP contribution in [0.3, 0.4) is 0 Å². The van der Waals surface area contributed by atoms with Crippen LogP contribution < -0.4 is 11.1 Å². The molecule has 6 heteroatoms. The van der Waals surface area contributed by atoms with Gasteiger partial charge >= 0.3 is 0 Å². The molecule has 94 valence electrons. The maximum Gasteiger partial charge on any atom is 0.292 e. The second kappa shape index (κ2) is 7.01. The number of rotatable bonds is 7. The Morgan fingerprint density at radius 2 is 2.24 bits per heavy atom. The summed E-state index contributed by atoms with van der Waals surface area (Å²) in [6.07, 6.45) is 4.33. The van der Waals surface area contributed by atoms with Gasteiger partial charge in [-0.1, -0.05) is 0 Å². The number of hydrogen-bond acceptors (Lipinski definition) is 5. The smallest absolute Gasteiger partial charge is 0.292 e. The van der Waals surface area contributed by atoms with Gasteiger partial charge in [-0.2, -0.15) is 11.8 Å². The number of hydrogen-bond donors (Lipinski definition) is 2. The second-order valence-electron chi connectivity index (χ2n) is 3.66. The maximum absolute atomic E-state index is 10.6. The lowest BCUT2D eigenvalue weighted by atomic mass is 10.2. The zero-order valence-electron chi connectivity index (χ0n) is 9.81. The van der Waals surface area contributed by atoms with E-state index in [1.54, 1.807) is 12.1 Å². The first-order valence-corrected chi connectivity index (χ1v) is 6.81. The minimum Gasteiger partial charge on any atom is -0.393 e. The molecule has 17 heavy (non-hydrogen) atoms. The van der Waals surface area contributed by atoms with Crippen LogP contribution in [-0.4, -0.2) is 23.5 Å². The lowest BCUT2D eigenvalue weighted by Crippen LogP contribution is -2.03. The van der Waals surface area contributed by atoms with E-state index in [2.05, 4.69) is 11.6 Å². The van der Waals surface area contributed by atoms with E-state index in [0.29, 0.717) is 0 Å². The van der Waals surface area contributed by atoms with Gasteiger partial charge in [0.15, 0.2) is 0 Å². The first-order valence-electron chi connectivity index (χ1n) is 5.42. The van der Waals surface area contributed by atoms with E-state index < -0.39 is 4.92 Å². The van der Waals surface area contributed by atoms with Gasteiger partial charge in [-0.05, 0) is 37.0 Å². The van der Waals surface area contributed by atoms with Gasteiger partial charge in [0.1, 0.15) is 5.69 Å². The molecule has 0 spiro atoms. The molecular weight excluding hydrogens is 238 g/mol. The highest BCUT2D eigenvalue weighted by Gasteiger charge is 2.10. The number of anilines is 2. The third-order valence-electron chi connectivity index (χ3n) is 2.33. The van der Waals surface area contributed by atoms with Crippen molar-refractivity contribution in [3.63, 3.8) is 0 Å². The van der Waals surface area contributed by atoms with Gasteiger partial charge in [0.2, 0.25) is 0 Å². The number of nitrogens with two attached hydrogens (primary N) is 1. The molecule has 0 bridgehead atoms. The molecule has 0 amide bonds. The topological polar surface area (TPSA) is 81.2 Å². The summed E-state index contributed by atoms with van der Waals surface area (Å²) in [4.78, 5) is 10.1. The monoisotopic (exact) mass is 255 g/mol. The molecule has 0 heterocycles. The number of nitro groups is 1. The van der Waals surface area contributed by atoms with E-state index >= 15 is 0 Å². The van der Waals surface area contributed by atoms with Crippen LogP contribution in [0, 0.1) is 10.1 Å². The number of nitrogen functional groups attached to an aromatic ring is 1. The summed E-state index contributed by atoms with van der Waals surface area (Å²) < 4.78 is 0. The van der Waals surface area contributed by atoms with Crippen LogP contribution in [0.2, 0.25) is 0 Å². The summed E-state index contributed by atoms with van der Waals surface area (Å²) >= 11 is 1.83. The number of nitrogens with one attached hydrogen (secondary N) is 1. The van der Waals surface area contributed by atoms with E-state index in [-0.39, 0.29) is 11.4 Å². The highest BCUT2D eigenvalue weighted by atomic mass is 32.2. The van der Waals surface area contributed by atoms with Crippen molar-refractivity contribution in [2.75, 3.05) is 29.6 Å². The first-order chi connectivity index (χ1) is 8.15. The Hall–Kier alpha value is -1.43. The Morgan fingerprint density at radius 3 is 2.82 bits per heavy atom. The number of benzene rings is 1. The van der Waals surface area contributed by atoms with E-state index in [1.165, 1.54) is 6.07 Å². The number of nitrogens with zero attached hydrogens (tertiary/aromatic N) is 1. The molecule has 0 radical (unpaired) electrons. The van der Waals surface area contributed by atoms with E-state index in [4.69, 9.17) is 5.73 Å². The molecule has 1 aromatic rings. The van der Waals surface area contributed by atoms with Crippen molar-refractivity contribution >= 4 is 28.8 Å². The van der Waals surface area contributed by atoms with Gasteiger partial charge in [-0.3, -0.25) is 10.1 Å². The predicted octanol–water partition coefficient (Wildman–Crippen LogP) is 2.73. The number of nitro benzene ring substituents is 1. The summed E-state index contributed by atoms with van der Waals surface area (Å²) in [6, 6.07) is 4.72. The van der Waals surface area contributed by atoms with Gasteiger partial charge < -0.3 is 11.1 Å². The molecule has 0 aromatic heterocycles. The Bertz CT molecular complexity index is 385. The minimum atomic E-state index is -0.475. The van der Waals surface area contributed by atoms with Crippen LogP contribution in [0.5, 0.6) is 0 Å². The molecular formula is C11H17N3O2S. The zero-order chi connectivity index (χ0) is 12.7. The molecule has 0 saturated carbocycles. The normalized spacial score (nSPS) is 10.2. The molecule has 0 aliphatic carbocycles. The molecule has 0 aliphatic heterocycles. The van der Waals surface area contributed by atoms with Crippen molar-refractivity contribution in [2.24, 2.45) is 0 Å². The van der Waals surface area contributed by atoms with E-state index in [9.17, 15) is 10.1 Å². The van der Waals surface area contributed by atoms with Crippen LogP contribution in [0.15, 0.2) is 18.2 Å². The molecule has 1 rings (SSSR count). The quantitative estimate of drug-likeness (QED) is 0.339. The number of unbranched alkanes of at least 4 members (excludes halogenated alkanes) is 1. The molecule has 5 nitrogen and oxygen atoms in total. The summed E-state index contributed by atoms with van der Waals surface area (Å²) in [5.74, 6) is 1.16. The Labute approximate surface area is 105 Å². The lowest BCUT2D eigenvalue weighted by molar-refractivity contribution is -0.383. The fourth-order valence-electron chi connectivity index (χ4n) is 1.43. The van der Waals surface area contributed by atoms with Gasteiger partial charge in [-0.15, -0.1) is 0 Å². The van der Waals surface area contributed by atoms with Crippen LogP contribution >= 0.6 is 11.8 Å². The SMILES string of the molecule is CSCCCCNc1ccc([N+](=O)[O-])c(N)c1. The van der Waals surface area contributed by atoms with Crippen LogP contribution in [0.4, 0.5) is 17.1 Å². The second-order valence-corrected chi connectivity index (χ2v) is 4.64. The summed E-state index contributed by atoms with van der Waals surface area (Å²) in [5.41, 5.74) is 6.57. The third kappa shape index (κ3) is 4.52. The minimum absolute atomic E-state index is 0.0436. The average Bonchev–Trinajstić information content (AvgIpc) is 2.28. The lowest BCUT2D eigenvalue weighted by Gasteiger charge is -2.06. The third-order valence-corrected chi connectivity index (χ3v) is 3.03. The summed E-state index contributed by atoms with van der Waals surface area (Å²) in [6.45, 7) is 0.859. The largest absolute Gasteiger partial charge is 0.393 e. The van der Waals surface area contributed by atoms with Crippen molar-refractivity contribution in [3.05, 3.63) is 28.3 Å². The van der Waals surface area contributed by atoms with Gasteiger partial charge in [0.25, 0.3) is 5.69 Å². The van der Waals surface area contributed by atoms with E-state index in [0.717, 1.165) is 30.8 Å². The predicted molar refractivity (Wildman–Crippen MR) is 73.6 cm³/mol. The molecule has 0 unspecified atom stereocenters. The highest BCUT2D eigenvalue weighted by Crippen LogP contribution is 2.24. The average molecular weight is 255 g/mol. The van der Waals surface area contributed by atoms with Crippen LogP contribution in [-0.2, 0) is 0 Å². The number of thioether (sulfide) groups is 1. The molecule has 3 N–H and O–H groups in total. The zero-order valence-corrected chi connectivity index (χ0v) is 10.6. The van der Waals surface area contributed by atoms with Gasteiger partial charge in [-0.25, -0.2) is 0 Å². The standard InChI is InChI=1S/C11H17N3O2S/c1-17-7-3-2-6-13-9-4-5-11(14(15)16)10(12)8-9/h4-5,8,13H,2-3,6-7,12H2,1H3. The highest BCUT2D eigenvalue weighted by molar-refractivity contribution is 7.98. The Morgan fingerprint density at radius 1 is 1.47 bits per heavy atom. The molecule has 0 saturated heterocycles. The molecule has 0 aliphatic rings. The molecule has 0 fully saturated rings. The van der Waals surface area contributed by atoms with Crippen molar-refractivity contribution in [3.8, 4) is 0 Å². The van der Waals surface area contributed by atoms with Crippen molar-refractivity contribution < 1.29 is 4.92 Å². The van der Waals surface area contributed by atoms with Crippen molar-refractivity contribution in [1.29, 1.82) is 0 Å². The van der Waals surface area contributed by atoms with Crippen LogP contribution in [0.1, 0.15) is 12.8 Å². The Kier molecular flexibility index (Phi) is 5.62. The van der Waals surface area contributed by atoms with Crippen molar-refractivity contribution in [2.45, 2.75) is 12.8 Å². The van der Waals surface area contributed by atoms with Crippen LogP contribution in [0.25, 0.3) is 0 Å². The van der Waals surface area contributed by atoms with Gasteiger partial charge in [0, 0.05) is 18.3 Å². The summed E-state index contributed by atoms with van der Waals surface area (Å²) in [5, 5.41) is 13.8.